The normalized spacial score (nSPS) is 16.5. The van der Waals surface area contributed by atoms with Gasteiger partial charge in [-0.3, -0.25) is 4.79 Å². The third-order valence-corrected chi connectivity index (χ3v) is 4.11. The second kappa shape index (κ2) is 7.12. The molecule has 0 saturated heterocycles. The molecule has 1 atom stereocenters. The van der Waals surface area contributed by atoms with Gasteiger partial charge in [-0.15, -0.1) is 0 Å². The highest BCUT2D eigenvalue weighted by atomic mass is 16.5. The van der Waals surface area contributed by atoms with Crippen molar-refractivity contribution in [3.8, 4) is 5.75 Å². The number of para-hydroxylation sites is 1. The van der Waals surface area contributed by atoms with Gasteiger partial charge in [0.2, 0.25) is 5.91 Å². The summed E-state index contributed by atoms with van der Waals surface area (Å²) in [4.78, 5) is 12.0. The second-order valence-electron chi connectivity index (χ2n) is 5.67. The van der Waals surface area contributed by atoms with Crippen LogP contribution in [0.1, 0.15) is 29.9 Å². The van der Waals surface area contributed by atoms with E-state index in [1.54, 1.807) is 0 Å². The number of carbonyl (C=O) groups is 1. The van der Waals surface area contributed by atoms with Crippen LogP contribution in [-0.4, -0.2) is 19.1 Å². The van der Waals surface area contributed by atoms with Crippen LogP contribution in [0.3, 0.4) is 0 Å². The highest BCUT2D eigenvalue weighted by molar-refractivity contribution is 5.78. The van der Waals surface area contributed by atoms with Crippen LogP contribution in [-0.2, 0) is 11.2 Å². The minimum atomic E-state index is 0.0894. The maximum absolute atomic E-state index is 12.0. The fraction of sp³-hybridized carbons (Fsp3) is 0.316. The average Bonchev–Trinajstić information content (AvgIpc) is 2.56. The van der Waals surface area contributed by atoms with Crippen molar-refractivity contribution in [1.82, 2.24) is 5.32 Å². The molecule has 0 aromatic heterocycles. The molecule has 0 aliphatic carbocycles. The quantitative estimate of drug-likeness (QED) is 0.919. The molecule has 2 aromatic rings. The number of benzene rings is 2. The standard InChI is InChI=1S/C19H21NO2/c21-19(14-15-6-2-1-3-7-15)20-12-10-16-11-13-22-18-9-5-4-8-17(16)18/h1-9,16H,10-14H2,(H,20,21). The van der Waals surface area contributed by atoms with E-state index < -0.39 is 0 Å². The molecule has 0 radical (unpaired) electrons. The Morgan fingerprint density at radius 3 is 2.73 bits per heavy atom. The smallest absolute Gasteiger partial charge is 0.224 e. The van der Waals surface area contributed by atoms with Gasteiger partial charge in [-0.1, -0.05) is 48.5 Å². The fourth-order valence-electron chi connectivity index (χ4n) is 2.95. The third-order valence-electron chi connectivity index (χ3n) is 4.11. The van der Waals surface area contributed by atoms with Crippen molar-refractivity contribution in [3.63, 3.8) is 0 Å². The molecular weight excluding hydrogens is 274 g/mol. The van der Waals surface area contributed by atoms with Gasteiger partial charge < -0.3 is 10.1 Å². The van der Waals surface area contributed by atoms with Crippen molar-refractivity contribution in [1.29, 1.82) is 0 Å². The van der Waals surface area contributed by atoms with Gasteiger partial charge in [-0.2, -0.15) is 0 Å². The van der Waals surface area contributed by atoms with E-state index in [0.29, 0.717) is 18.9 Å². The summed E-state index contributed by atoms with van der Waals surface area (Å²) in [5, 5.41) is 3.03. The van der Waals surface area contributed by atoms with Crippen LogP contribution in [0.2, 0.25) is 0 Å². The summed E-state index contributed by atoms with van der Waals surface area (Å²) in [6.07, 6.45) is 2.43. The lowest BCUT2D eigenvalue weighted by Crippen LogP contribution is -2.28. The lowest BCUT2D eigenvalue weighted by atomic mass is 9.90. The first-order valence-corrected chi connectivity index (χ1v) is 7.85. The van der Waals surface area contributed by atoms with Crippen molar-refractivity contribution in [2.45, 2.75) is 25.2 Å². The highest BCUT2D eigenvalue weighted by Gasteiger charge is 2.20. The van der Waals surface area contributed by atoms with Crippen molar-refractivity contribution >= 4 is 5.91 Å². The summed E-state index contributed by atoms with van der Waals surface area (Å²) in [6.45, 7) is 1.48. The number of rotatable bonds is 5. The van der Waals surface area contributed by atoms with Crippen molar-refractivity contribution in [3.05, 3.63) is 65.7 Å². The second-order valence-corrected chi connectivity index (χ2v) is 5.67. The summed E-state index contributed by atoms with van der Waals surface area (Å²) in [6, 6.07) is 18.0. The summed E-state index contributed by atoms with van der Waals surface area (Å²) < 4.78 is 5.67. The number of amides is 1. The van der Waals surface area contributed by atoms with Gasteiger partial charge >= 0.3 is 0 Å². The summed E-state index contributed by atoms with van der Waals surface area (Å²) in [5.74, 6) is 1.56. The topological polar surface area (TPSA) is 38.3 Å². The van der Waals surface area contributed by atoms with Crippen LogP contribution in [0.25, 0.3) is 0 Å². The molecule has 3 rings (SSSR count). The van der Waals surface area contributed by atoms with E-state index in [1.807, 2.05) is 42.5 Å². The molecule has 1 aliphatic heterocycles. The SMILES string of the molecule is O=C(Cc1ccccc1)NCCC1CCOc2ccccc21. The predicted octanol–water partition coefficient (Wildman–Crippen LogP) is 3.30. The third kappa shape index (κ3) is 3.67. The Bertz CT molecular complexity index is 624. The van der Waals surface area contributed by atoms with Gasteiger partial charge in [-0.25, -0.2) is 0 Å². The molecule has 114 valence electrons. The molecule has 0 fully saturated rings. The largest absolute Gasteiger partial charge is 0.493 e. The van der Waals surface area contributed by atoms with E-state index >= 15 is 0 Å². The maximum Gasteiger partial charge on any atom is 0.224 e. The summed E-state index contributed by atoms with van der Waals surface area (Å²) in [5.41, 5.74) is 2.32. The van der Waals surface area contributed by atoms with Crippen LogP contribution in [0.15, 0.2) is 54.6 Å². The zero-order valence-corrected chi connectivity index (χ0v) is 12.6. The lowest BCUT2D eigenvalue weighted by Gasteiger charge is -2.25. The number of ether oxygens (including phenoxy) is 1. The predicted molar refractivity (Wildman–Crippen MR) is 87.1 cm³/mol. The van der Waals surface area contributed by atoms with E-state index in [4.69, 9.17) is 4.74 Å². The van der Waals surface area contributed by atoms with E-state index in [-0.39, 0.29) is 5.91 Å². The Morgan fingerprint density at radius 2 is 1.86 bits per heavy atom. The molecule has 0 spiro atoms. The van der Waals surface area contributed by atoms with Crippen molar-refractivity contribution < 1.29 is 9.53 Å². The molecule has 1 N–H and O–H groups in total. The van der Waals surface area contributed by atoms with Crippen molar-refractivity contribution in [2.75, 3.05) is 13.2 Å². The van der Waals surface area contributed by atoms with Gasteiger partial charge in [0.25, 0.3) is 0 Å². The molecule has 0 bridgehead atoms. The van der Waals surface area contributed by atoms with E-state index in [2.05, 4.69) is 17.4 Å². The Hall–Kier alpha value is -2.29. The van der Waals surface area contributed by atoms with Crippen LogP contribution in [0, 0.1) is 0 Å². The van der Waals surface area contributed by atoms with E-state index in [9.17, 15) is 4.79 Å². The molecule has 2 aromatic carbocycles. The molecule has 0 saturated carbocycles. The Kier molecular flexibility index (Phi) is 4.74. The number of fused-ring (bicyclic) bond motifs is 1. The Morgan fingerprint density at radius 1 is 1.09 bits per heavy atom. The maximum atomic E-state index is 12.0. The molecule has 1 aliphatic rings. The molecular formula is C19H21NO2. The Balaban J connectivity index is 1.49. The molecule has 22 heavy (non-hydrogen) atoms. The number of carbonyl (C=O) groups excluding carboxylic acids is 1. The molecule has 3 nitrogen and oxygen atoms in total. The summed E-state index contributed by atoms with van der Waals surface area (Å²) >= 11 is 0. The average molecular weight is 295 g/mol. The highest BCUT2D eigenvalue weighted by Crippen LogP contribution is 2.34. The zero-order chi connectivity index (χ0) is 15.2. The van der Waals surface area contributed by atoms with Crippen LogP contribution < -0.4 is 10.1 Å². The minimum absolute atomic E-state index is 0.0894. The fourth-order valence-corrected chi connectivity index (χ4v) is 2.95. The molecule has 3 heteroatoms. The molecule has 1 heterocycles. The van der Waals surface area contributed by atoms with Gasteiger partial charge in [0.05, 0.1) is 13.0 Å². The first-order valence-electron chi connectivity index (χ1n) is 7.85. The van der Waals surface area contributed by atoms with Gasteiger partial charge in [-0.05, 0) is 36.0 Å². The zero-order valence-electron chi connectivity index (χ0n) is 12.6. The first kappa shape index (κ1) is 14.6. The van der Waals surface area contributed by atoms with Crippen molar-refractivity contribution in [2.24, 2.45) is 0 Å². The van der Waals surface area contributed by atoms with E-state index in [1.165, 1.54) is 5.56 Å². The Labute approximate surface area is 131 Å². The molecule has 1 amide bonds. The lowest BCUT2D eigenvalue weighted by molar-refractivity contribution is -0.120. The van der Waals surface area contributed by atoms with Crippen LogP contribution >= 0.6 is 0 Å². The van der Waals surface area contributed by atoms with Gasteiger partial charge in [0.15, 0.2) is 0 Å². The van der Waals surface area contributed by atoms with Crippen LogP contribution in [0.4, 0.5) is 0 Å². The molecule has 1 unspecified atom stereocenters. The number of hydrogen-bond donors (Lipinski definition) is 1. The minimum Gasteiger partial charge on any atom is -0.493 e. The monoisotopic (exact) mass is 295 g/mol. The number of nitrogens with one attached hydrogen (secondary N) is 1. The first-order chi connectivity index (χ1) is 10.8. The van der Waals surface area contributed by atoms with Crippen LogP contribution in [0.5, 0.6) is 5.75 Å². The van der Waals surface area contributed by atoms with Gasteiger partial charge in [0.1, 0.15) is 5.75 Å². The summed E-state index contributed by atoms with van der Waals surface area (Å²) in [7, 11) is 0. The van der Waals surface area contributed by atoms with Gasteiger partial charge in [0, 0.05) is 6.54 Å². The van der Waals surface area contributed by atoms with E-state index in [0.717, 1.165) is 30.8 Å². The number of hydrogen-bond acceptors (Lipinski definition) is 2.